The summed E-state index contributed by atoms with van der Waals surface area (Å²) in [5.74, 6) is 0. The Morgan fingerprint density at radius 1 is 1.53 bits per heavy atom. The van der Waals surface area contributed by atoms with E-state index in [0.717, 1.165) is 26.6 Å². The van der Waals surface area contributed by atoms with E-state index in [1.807, 2.05) is 25.3 Å². The van der Waals surface area contributed by atoms with Crippen LogP contribution in [-0.4, -0.2) is 17.1 Å². The molecule has 0 saturated carbocycles. The first-order valence-electron chi connectivity index (χ1n) is 4.80. The third-order valence-corrected chi connectivity index (χ3v) is 3.19. The van der Waals surface area contributed by atoms with E-state index < -0.39 is 7.05 Å². The van der Waals surface area contributed by atoms with E-state index in [2.05, 4.69) is 26.1 Å². The standard InChI is InChI=1S/C10H12BBrN2O/c1-6-5-8(14-11(2)15)9(12)7-3-4-13-10(6)7/h3-5,13-15H,1-2H3. The van der Waals surface area contributed by atoms with Crippen LogP contribution < -0.4 is 5.23 Å². The number of H-pyrrole nitrogens is 1. The van der Waals surface area contributed by atoms with Crippen molar-refractivity contribution in [2.75, 3.05) is 5.23 Å². The monoisotopic (exact) mass is 266 g/mol. The summed E-state index contributed by atoms with van der Waals surface area (Å²) in [6, 6.07) is 4.02. The minimum absolute atomic E-state index is 0.558. The minimum atomic E-state index is -0.558. The van der Waals surface area contributed by atoms with Gasteiger partial charge in [0.1, 0.15) is 0 Å². The molecule has 0 atom stereocenters. The van der Waals surface area contributed by atoms with Crippen LogP contribution in [0.1, 0.15) is 5.56 Å². The lowest BCUT2D eigenvalue weighted by atomic mass is 9.88. The lowest BCUT2D eigenvalue weighted by molar-refractivity contribution is 0.587. The highest BCUT2D eigenvalue weighted by Crippen LogP contribution is 2.33. The summed E-state index contributed by atoms with van der Waals surface area (Å²) in [5, 5.41) is 13.4. The average molecular weight is 267 g/mol. The van der Waals surface area contributed by atoms with E-state index in [4.69, 9.17) is 0 Å². The normalized spacial score (nSPS) is 10.7. The molecule has 5 heteroatoms. The van der Waals surface area contributed by atoms with Gasteiger partial charge in [-0.15, -0.1) is 0 Å². The zero-order chi connectivity index (χ0) is 11.0. The van der Waals surface area contributed by atoms with E-state index in [9.17, 15) is 5.02 Å². The van der Waals surface area contributed by atoms with Gasteiger partial charge in [0.25, 0.3) is 0 Å². The van der Waals surface area contributed by atoms with Gasteiger partial charge in [-0.2, -0.15) is 0 Å². The Labute approximate surface area is 97.1 Å². The first-order valence-corrected chi connectivity index (χ1v) is 5.59. The molecule has 1 aromatic heterocycles. The fourth-order valence-corrected chi connectivity index (χ4v) is 2.27. The first kappa shape index (κ1) is 10.6. The summed E-state index contributed by atoms with van der Waals surface area (Å²) in [6.07, 6.45) is 1.91. The largest absolute Gasteiger partial charge is 0.433 e. The number of anilines is 1. The molecule has 1 heterocycles. The number of hydrogen-bond acceptors (Lipinski definition) is 2. The second-order valence-corrected chi connectivity index (χ2v) is 4.43. The molecule has 0 spiro atoms. The third kappa shape index (κ3) is 1.89. The van der Waals surface area contributed by atoms with Crippen LogP contribution in [0.3, 0.4) is 0 Å². The highest BCUT2D eigenvalue weighted by molar-refractivity contribution is 9.10. The highest BCUT2D eigenvalue weighted by atomic mass is 79.9. The number of rotatable bonds is 2. The fourth-order valence-electron chi connectivity index (χ4n) is 1.71. The summed E-state index contributed by atoms with van der Waals surface area (Å²) in [6.45, 7) is 3.74. The Bertz CT molecular complexity index is 495. The average Bonchev–Trinajstić information content (AvgIpc) is 2.61. The molecule has 15 heavy (non-hydrogen) atoms. The predicted molar refractivity (Wildman–Crippen MR) is 68.2 cm³/mol. The van der Waals surface area contributed by atoms with E-state index in [1.54, 1.807) is 6.82 Å². The number of benzene rings is 1. The molecular formula is C10H12BBrN2O. The van der Waals surface area contributed by atoms with Crippen molar-refractivity contribution in [3.8, 4) is 0 Å². The molecule has 78 valence electrons. The summed E-state index contributed by atoms with van der Waals surface area (Å²) >= 11 is 3.53. The fraction of sp³-hybridized carbons (Fsp3) is 0.200. The van der Waals surface area contributed by atoms with Gasteiger partial charge >= 0.3 is 7.05 Å². The quantitative estimate of drug-likeness (QED) is 0.732. The van der Waals surface area contributed by atoms with E-state index >= 15 is 0 Å². The smallest absolute Gasteiger partial charge is 0.406 e. The molecule has 0 aliphatic heterocycles. The van der Waals surface area contributed by atoms with Crippen LogP contribution in [0, 0.1) is 6.92 Å². The molecule has 2 rings (SSSR count). The zero-order valence-electron chi connectivity index (χ0n) is 8.63. The van der Waals surface area contributed by atoms with Gasteiger partial charge in [0.15, 0.2) is 0 Å². The lowest BCUT2D eigenvalue weighted by Gasteiger charge is -2.11. The Morgan fingerprint density at radius 3 is 2.93 bits per heavy atom. The Hall–Kier alpha value is -0.935. The summed E-state index contributed by atoms with van der Waals surface area (Å²) in [5.41, 5.74) is 3.19. The number of aromatic amines is 1. The maximum Gasteiger partial charge on any atom is 0.406 e. The minimum Gasteiger partial charge on any atom is -0.433 e. The van der Waals surface area contributed by atoms with Crippen LogP contribution in [0.25, 0.3) is 10.9 Å². The van der Waals surface area contributed by atoms with E-state index in [-0.39, 0.29) is 0 Å². The van der Waals surface area contributed by atoms with Crippen LogP contribution in [0.15, 0.2) is 22.8 Å². The Balaban J connectivity index is 2.60. The van der Waals surface area contributed by atoms with Crippen LogP contribution in [-0.2, 0) is 0 Å². The Morgan fingerprint density at radius 2 is 2.27 bits per heavy atom. The zero-order valence-corrected chi connectivity index (χ0v) is 10.2. The lowest BCUT2D eigenvalue weighted by Crippen LogP contribution is -2.19. The molecule has 1 aromatic carbocycles. The van der Waals surface area contributed by atoms with Crippen molar-refractivity contribution in [1.29, 1.82) is 0 Å². The van der Waals surface area contributed by atoms with Crippen molar-refractivity contribution >= 4 is 39.6 Å². The second-order valence-electron chi connectivity index (χ2n) is 3.64. The third-order valence-electron chi connectivity index (χ3n) is 2.34. The number of nitrogens with one attached hydrogen (secondary N) is 2. The Kier molecular flexibility index (Phi) is 2.75. The SMILES string of the molecule is CB(O)Nc1cc(C)c2[nH]ccc2c1Br. The van der Waals surface area contributed by atoms with Gasteiger partial charge in [-0.05, 0) is 47.4 Å². The van der Waals surface area contributed by atoms with Gasteiger partial charge in [0, 0.05) is 27.3 Å². The molecule has 0 radical (unpaired) electrons. The molecule has 0 bridgehead atoms. The molecule has 0 unspecified atom stereocenters. The van der Waals surface area contributed by atoms with Gasteiger partial charge in [-0.25, -0.2) is 0 Å². The summed E-state index contributed by atoms with van der Waals surface area (Å²) in [4.78, 5) is 3.19. The van der Waals surface area contributed by atoms with Gasteiger partial charge in [-0.1, -0.05) is 0 Å². The maximum atomic E-state index is 9.30. The number of halogens is 1. The maximum absolute atomic E-state index is 9.30. The molecule has 2 aromatic rings. The molecule has 0 amide bonds. The van der Waals surface area contributed by atoms with E-state index in [0.29, 0.717) is 0 Å². The van der Waals surface area contributed by atoms with Crippen molar-refractivity contribution in [1.82, 2.24) is 4.98 Å². The van der Waals surface area contributed by atoms with Crippen LogP contribution in [0.5, 0.6) is 0 Å². The van der Waals surface area contributed by atoms with Gasteiger partial charge < -0.3 is 15.2 Å². The first-order chi connectivity index (χ1) is 7.09. The molecule has 3 N–H and O–H groups in total. The van der Waals surface area contributed by atoms with Crippen molar-refractivity contribution in [2.24, 2.45) is 0 Å². The summed E-state index contributed by atoms with van der Waals surface area (Å²) in [7, 11) is -0.558. The van der Waals surface area contributed by atoms with Crippen molar-refractivity contribution in [2.45, 2.75) is 13.7 Å². The van der Waals surface area contributed by atoms with Gasteiger partial charge in [-0.3, -0.25) is 0 Å². The highest BCUT2D eigenvalue weighted by Gasteiger charge is 2.11. The molecule has 0 saturated heterocycles. The number of hydrogen-bond donors (Lipinski definition) is 3. The number of aryl methyl sites for hydroxylation is 1. The van der Waals surface area contributed by atoms with Gasteiger partial charge in [0.05, 0.1) is 0 Å². The summed E-state index contributed by atoms with van der Waals surface area (Å²) < 4.78 is 0.977. The topological polar surface area (TPSA) is 48.0 Å². The van der Waals surface area contributed by atoms with Gasteiger partial charge in [0.2, 0.25) is 0 Å². The molecular weight excluding hydrogens is 255 g/mol. The second kappa shape index (κ2) is 3.91. The number of aromatic nitrogens is 1. The van der Waals surface area contributed by atoms with Crippen LogP contribution in [0.2, 0.25) is 6.82 Å². The molecule has 3 nitrogen and oxygen atoms in total. The number of fused-ring (bicyclic) bond motifs is 1. The molecule has 0 fully saturated rings. The van der Waals surface area contributed by atoms with Crippen molar-refractivity contribution in [3.63, 3.8) is 0 Å². The molecule has 0 aliphatic rings. The molecule has 0 aliphatic carbocycles. The van der Waals surface area contributed by atoms with Crippen LogP contribution >= 0.6 is 15.9 Å². The van der Waals surface area contributed by atoms with Crippen molar-refractivity contribution in [3.05, 3.63) is 28.4 Å². The van der Waals surface area contributed by atoms with Crippen LogP contribution in [0.4, 0.5) is 5.69 Å². The van der Waals surface area contributed by atoms with E-state index in [1.165, 1.54) is 0 Å². The van der Waals surface area contributed by atoms with Crippen molar-refractivity contribution < 1.29 is 5.02 Å². The predicted octanol–water partition coefficient (Wildman–Crippen LogP) is 2.76.